The summed E-state index contributed by atoms with van der Waals surface area (Å²) in [4.78, 5) is 24.9. The number of allylic oxidation sites excluding steroid dienone is 1. The van der Waals surface area contributed by atoms with E-state index in [0.717, 1.165) is 32.1 Å². The van der Waals surface area contributed by atoms with Crippen LogP contribution in [0.5, 0.6) is 11.5 Å². The van der Waals surface area contributed by atoms with Crippen LogP contribution in [0.2, 0.25) is 5.02 Å². The van der Waals surface area contributed by atoms with Gasteiger partial charge in [0.1, 0.15) is 17.3 Å². The second kappa shape index (κ2) is 7.76. The maximum atomic E-state index is 14.0. The summed E-state index contributed by atoms with van der Waals surface area (Å²) < 4.78 is 25.1. The van der Waals surface area contributed by atoms with Crippen LogP contribution in [0.4, 0.5) is 4.39 Å². The third-order valence-corrected chi connectivity index (χ3v) is 5.40. The first kappa shape index (κ1) is 18.7. The van der Waals surface area contributed by atoms with Crippen molar-refractivity contribution < 1.29 is 23.5 Å². The highest BCUT2D eigenvalue weighted by Crippen LogP contribution is 2.36. The van der Waals surface area contributed by atoms with Crippen molar-refractivity contribution in [3.8, 4) is 11.5 Å². The first-order chi connectivity index (χ1) is 13.5. The molecule has 0 unspecified atom stereocenters. The van der Waals surface area contributed by atoms with Gasteiger partial charge in [0.15, 0.2) is 5.76 Å². The highest BCUT2D eigenvalue weighted by Gasteiger charge is 2.29. The van der Waals surface area contributed by atoms with E-state index in [1.54, 1.807) is 12.1 Å². The summed E-state index contributed by atoms with van der Waals surface area (Å²) in [5.74, 6) is -0.683. The van der Waals surface area contributed by atoms with E-state index in [4.69, 9.17) is 21.1 Å². The normalized spacial score (nSPS) is 18.1. The summed E-state index contributed by atoms with van der Waals surface area (Å²) in [6.45, 7) is 0. The summed E-state index contributed by atoms with van der Waals surface area (Å²) in [7, 11) is 0. The van der Waals surface area contributed by atoms with Gasteiger partial charge in [-0.05, 0) is 43.2 Å². The number of esters is 1. The largest absolute Gasteiger partial charge is 0.452 e. The molecule has 0 radical (unpaired) electrons. The molecule has 0 spiro atoms. The molecule has 4 rings (SSSR count). The highest BCUT2D eigenvalue weighted by molar-refractivity contribution is 6.32. The molecule has 144 valence electrons. The van der Waals surface area contributed by atoms with Gasteiger partial charge in [-0.25, -0.2) is 4.39 Å². The Morgan fingerprint density at radius 3 is 2.71 bits per heavy atom. The number of rotatable bonds is 3. The van der Waals surface area contributed by atoms with Gasteiger partial charge in [0.05, 0.1) is 16.5 Å². The van der Waals surface area contributed by atoms with Gasteiger partial charge in [-0.15, -0.1) is 0 Å². The first-order valence-corrected chi connectivity index (χ1v) is 9.65. The number of hydrogen-bond acceptors (Lipinski definition) is 4. The van der Waals surface area contributed by atoms with E-state index >= 15 is 0 Å². The van der Waals surface area contributed by atoms with Crippen molar-refractivity contribution >= 4 is 29.4 Å². The predicted octanol–water partition coefficient (Wildman–Crippen LogP) is 5.58. The molecular formula is C22H18ClFO4. The lowest BCUT2D eigenvalue weighted by atomic mass is 9.89. The Morgan fingerprint density at radius 1 is 1.18 bits per heavy atom. The highest BCUT2D eigenvalue weighted by atomic mass is 35.5. The molecule has 0 N–H and O–H groups in total. The lowest BCUT2D eigenvalue weighted by Gasteiger charge is -2.19. The van der Waals surface area contributed by atoms with Gasteiger partial charge in [-0.1, -0.05) is 36.9 Å². The Balaban J connectivity index is 1.54. The Morgan fingerprint density at radius 2 is 1.96 bits per heavy atom. The van der Waals surface area contributed by atoms with Crippen LogP contribution in [0.25, 0.3) is 6.08 Å². The molecule has 1 aliphatic heterocycles. The number of Topliss-reactive ketones (excluding diaryl/α,β-unsaturated/α-hetero) is 1. The zero-order valence-corrected chi connectivity index (χ0v) is 15.8. The van der Waals surface area contributed by atoms with E-state index in [1.807, 2.05) is 0 Å². The Labute approximate surface area is 166 Å². The lowest BCUT2D eigenvalue weighted by Crippen LogP contribution is -2.22. The van der Waals surface area contributed by atoms with Crippen molar-refractivity contribution in [3.05, 3.63) is 64.1 Å². The molecule has 1 heterocycles. The van der Waals surface area contributed by atoms with Gasteiger partial charge >= 0.3 is 5.97 Å². The number of carbonyl (C=O) groups is 2. The topological polar surface area (TPSA) is 52.6 Å². The zero-order chi connectivity index (χ0) is 19.7. The van der Waals surface area contributed by atoms with Crippen molar-refractivity contribution in [1.29, 1.82) is 0 Å². The maximum Gasteiger partial charge on any atom is 0.314 e. The van der Waals surface area contributed by atoms with E-state index in [0.29, 0.717) is 11.3 Å². The third kappa shape index (κ3) is 3.67. The molecule has 28 heavy (non-hydrogen) atoms. The minimum atomic E-state index is -0.547. The third-order valence-electron chi connectivity index (χ3n) is 5.07. The van der Waals surface area contributed by atoms with E-state index in [1.165, 1.54) is 30.3 Å². The van der Waals surface area contributed by atoms with Crippen molar-refractivity contribution in [3.63, 3.8) is 0 Å². The summed E-state index contributed by atoms with van der Waals surface area (Å²) in [5.41, 5.74) is 0.417. The molecule has 0 atom stereocenters. The standard InChI is InChI=1S/C22H18ClFO4/c23-17-7-4-8-18(24)16(17)12-20-21(25)15-10-9-14(11-19(15)28-20)27-22(26)13-5-2-1-3-6-13/h4,7-13H,1-3,5-6H2/b20-12-. The molecule has 4 nitrogen and oxygen atoms in total. The van der Waals surface area contributed by atoms with Gasteiger partial charge < -0.3 is 9.47 Å². The monoisotopic (exact) mass is 400 g/mol. The second-order valence-corrected chi connectivity index (χ2v) is 7.40. The fourth-order valence-corrected chi connectivity index (χ4v) is 3.77. The van der Waals surface area contributed by atoms with Crippen LogP contribution in [0.3, 0.4) is 0 Å². The number of fused-ring (bicyclic) bond motifs is 1. The lowest BCUT2D eigenvalue weighted by molar-refractivity contribution is -0.139. The Bertz CT molecular complexity index is 956. The number of ether oxygens (including phenoxy) is 2. The van der Waals surface area contributed by atoms with Crippen molar-refractivity contribution in [1.82, 2.24) is 0 Å². The maximum absolute atomic E-state index is 14.0. The van der Waals surface area contributed by atoms with E-state index in [-0.39, 0.29) is 39.8 Å². The average molecular weight is 401 g/mol. The first-order valence-electron chi connectivity index (χ1n) is 9.27. The van der Waals surface area contributed by atoms with Crippen LogP contribution < -0.4 is 9.47 Å². The minimum Gasteiger partial charge on any atom is -0.452 e. The van der Waals surface area contributed by atoms with Crippen LogP contribution in [0, 0.1) is 11.7 Å². The molecule has 1 fully saturated rings. The van der Waals surface area contributed by atoms with Crippen LogP contribution in [0.1, 0.15) is 48.0 Å². The van der Waals surface area contributed by atoms with E-state index < -0.39 is 5.82 Å². The van der Waals surface area contributed by atoms with Crippen molar-refractivity contribution in [2.45, 2.75) is 32.1 Å². The summed E-state index contributed by atoms with van der Waals surface area (Å²) >= 11 is 6.01. The molecule has 0 saturated heterocycles. The van der Waals surface area contributed by atoms with Gasteiger partial charge in [-0.3, -0.25) is 9.59 Å². The van der Waals surface area contributed by atoms with Gasteiger partial charge in [0.2, 0.25) is 5.78 Å². The second-order valence-electron chi connectivity index (χ2n) is 6.99. The van der Waals surface area contributed by atoms with Gasteiger partial charge in [0, 0.05) is 11.6 Å². The van der Waals surface area contributed by atoms with Crippen LogP contribution in [-0.2, 0) is 4.79 Å². The summed E-state index contributed by atoms with van der Waals surface area (Å²) in [6.07, 6.45) is 6.19. The minimum absolute atomic E-state index is 0.0299. The van der Waals surface area contributed by atoms with Gasteiger partial charge in [-0.2, -0.15) is 0 Å². The Hall–Kier alpha value is -2.66. The van der Waals surface area contributed by atoms with E-state index in [9.17, 15) is 14.0 Å². The molecule has 6 heteroatoms. The smallest absolute Gasteiger partial charge is 0.314 e. The quantitative estimate of drug-likeness (QED) is 0.383. The number of carbonyl (C=O) groups excluding carboxylic acids is 2. The average Bonchev–Trinajstić information content (AvgIpc) is 3.00. The van der Waals surface area contributed by atoms with Crippen LogP contribution in [-0.4, -0.2) is 11.8 Å². The number of ketones is 1. The number of hydrogen-bond donors (Lipinski definition) is 0. The SMILES string of the molecule is O=C1/C(=C/c2c(F)cccc2Cl)Oc2cc(OC(=O)C3CCCCC3)ccc21. The van der Waals surface area contributed by atoms with E-state index in [2.05, 4.69) is 0 Å². The number of halogens is 2. The fourth-order valence-electron chi connectivity index (χ4n) is 3.55. The van der Waals surface area contributed by atoms with Crippen molar-refractivity contribution in [2.75, 3.05) is 0 Å². The molecule has 1 saturated carbocycles. The molecule has 0 aromatic heterocycles. The van der Waals surface area contributed by atoms with Crippen molar-refractivity contribution in [2.24, 2.45) is 5.92 Å². The summed E-state index contributed by atoms with van der Waals surface area (Å²) in [5, 5.41) is 0.182. The molecule has 1 aliphatic carbocycles. The Kier molecular flexibility index (Phi) is 5.18. The molecular weight excluding hydrogens is 383 g/mol. The van der Waals surface area contributed by atoms with Crippen LogP contribution in [0.15, 0.2) is 42.2 Å². The fraction of sp³-hybridized carbons (Fsp3) is 0.273. The molecule has 0 bridgehead atoms. The summed E-state index contributed by atoms with van der Waals surface area (Å²) in [6, 6.07) is 8.90. The predicted molar refractivity (Wildman–Crippen MR) is 103 cm³/mol. The zero-order valence-electron chi connectivity index (χ0n) is 15.0. The number of benzene rings is 2. The molecule has 2 aromatic rings. The molecule has 2 aromatic carbocycles. The molecule has 0 amide bonds. The molecule has 2 aliphatic rings. The van der Waals surface area contributed by atoms with Crippen LogP contribution >= 0.6 is 11.6 Å². The van der Waals surface area contributed by atoms with Gasteiger partial charge in [0.25, 0.3) is 0 Å².